The molecule has 1 fully saturated rings. The van der Waals surface area contributed by atoms with Crippen molar-refractivity contribution >= 4 is 0 Å². The van der Waals surface area contributed by atoms with Crippen molar-refractivity contribution in [1.82, 2.24) is 15.1 Å². The molecule has 2 heterocycles. The van der Waals surface area contributed by atoms with Gasteiger partial charge >= 0.3 is 0 Å². The van der Waals surface area contributed by atoms with E-state index in [1.165, 1.54) is 54.6 Å². The minimum Gasteiger partial charge on any atom is -0.424 e. The molecule has 4 heteroatoms. The maximum atomic E-state index is 6.34. The summed E-state index contributed by atoms with van der Waals surface area (Å²) in [5, 5.41) is 9.05. The molecular weight excluding hydrogens is 370 g/mol. The quantitative estimate of drug-likeness (QED) is 0.607. The molecule has 2 aliphatic rings. The minimum atomic E-state index is -0.387. The molecule has 0 atom stereocenters. The molecule has 0 spiro atoms. The third kappa shape index (κ3) is 3.37. The van der Waals surface area contributed by atoms with Gasteiger partial charge in [-0.25, -0.2) is 0 Å². The Morgan fingerprint density at radius 3 is 2.10 bits per heavy atom. The Labute approximate surface area is 179 Å². The van der Waals surface area contributed by atoms with Gasteiger partial charge < -0.3 is 9.32 Å². The summed E-state index contributed by atoms with van der Waals surface area (Å²) in [4.78, 5) is 2.62. The van der Waals surface area contributed by atoms with E-state index >= 15 is 0 Å². The number of aryl methyl sites for hydroxylation is 3. The van der Waals surface area contributed by atoms with Gasteiger partial charge in [0.05, 0.1) is 0 Å². The van der Waals surface area contributed by atoms with E-state index in [0.29, 0.717) is 0 Å². The number of aromatic nitrogens is 2. The Morgan fingerprint density at radius 1 is 0.867 bits per heavy atom. The van der Waals surface area contributed by atoms with Gasteiger partial charge in [0.1, 0.15) is 5.41 Å². The van der Waals surface area contributed by atoms with Gasteiger partial charge in [0.15, 0.2) is 0 Å². The Bertz CT molecular complexity index is 955. The molecule has 156 valence electrons. The molecule has 1 aromatic heterocycles. The summed E-state index contributed by atoms with van der Waals surface area (Å²) in [5.41, 5.74) is 5.12. The van der Waals surface area contributed by atoms with E-state index in [4.69, 9.17) is 4.42 Å². The molecule has 1 aliphatic carbocycles. The number of fused-ring (bicyclic) bond motifs is 2. The van der Waals surface area contributed by atoms with Crippen LogP contribution in [0.3, 0.4) is 0 Å². The van der Waals surface area contributed by atoms with Crippen molar-refractivity contribution in [3.63, 3.8) is 0 Å². The van der Waals surface area contributed by atoms with Crippen LogP contribution in [0.5, 0.6) is 0 Å². The molecule has 1 saturated heterocycles. The zero-order valence-corrected chi connectivity index (χ0v) is 17.9. The molecule has 2 aromatic carbocycles. The van der Waals surface area contributed by atoms with E-state index in [1.807, 2.05) is 0 Å². The van der Waals surface area contributed by atoms with Crippen LogP contribution in [0.15, 0.2) is 52.9 Å². The van der Waals surface area contributed by atoms with Crippen LogP contribution >= 0.6 is 0 Å². The summed E-state index contributed by atoms with van der Waals surface area (Å²) < 4.78 is 6.34. The lowest BCUT2D eigenvalue weighted by atomic mass is 9.70. The van der Waals surface area contributed by atoms with Crippen molar-refractivity contribution in [3.8, 4) is 0 Å². The first kappa shape index (κ1) is 19.5. The van der Waals surface area contributed by atoms with Crippen molar-refractivity contribution in [2.24, 2.45) is 0 Å². The second-order valence-corrected chi connectivity index (χ2v) is 8.73. The van der Waals surface area contributed by atoms with Crippen LogP contribution in [0.1, 0.15) is 66.6 Å². The predicted octanol–water partition coefficient (Wildman–Crippen LogP) is 4.94. The maximum Gasteiger partial charge on any atom is 0.231 e. The van der Waals surface area contributed by atoms with Crippen LogP contribution in [0.2, 0.25) is 0 Å². The van der Waals surface area contributed by atoms with Gasteiger partial charge in [-0.1, -0.05) is 61.9 Å². The summed E-state index contributed by atoms with van der Waals surface area (Å²) in [6.45, 7) is 5.52. The SMILES string of the molecule is CCc1nnc(C2(CCN3CCCCC3)c3ccccc3CCc3ccccc32)o1. The van der Waals surface area contributed by atoms with Gasteiger partial charge in [0.25, 0.3) is 0 Å². The van der Waals surface area contributed by atoms with E-state index in [9.17, 15) is 0 Å². The summed E-state index contributed by atoms with van der Waals surface area (Å²) in [6, 6.07) is 17.8. The number of benzene rings is 2. The number of likely N-dealkylation sites (tertiary alicyclic amines) is 1. The molecule has 3 aromatic rings. The fraction of sp³-hybridized carbons (Fsp3) is 0.462. The van der Waals surface area contributed by atoms with Crippen LogP contribution < -0.4 is 0 Å². The molecule has 30 heavy (non-hydrogen) atoms. The first-order valence-electron chi connectivity index (χ1n) is 11.5. The zero-order valence-electron chi connectivity index (χ0n) is 17.9. The summed E-state index contributed by atoms with van der Waals surface area (Å²) in [7, 11) is 0. The van der Waals surface area contributed by atoms with Gasteiger partial charge in [-0.3, -0.25) is 0 Å². The highest BCUT2D eigenvalue weighted by atomic mass is 16.4. The van der Waals surface area contributed by atoms with Crippen molar-refractivity contribution in [3.05, 3.63) is 82.6 Å². The van der Waals surface area contributed by atoms with E-state index in [-0.39, 0.29) is 5.41 Å². The van der Waals surface area contributed by atoms with Crippen molar-refractivity contribution in [2.75, 3.05) is 19.6 Å². The van der Waals surface area contributed by atoms with Crippen LogP contribution in [0, 0.1) is 0 Å². The number of nitrogens with zero attached hydrogens (tertiary/aromatic N) is 3. The van der Waals surface area contributed by atoms with Crippen LogP contribution in [0.4, 0.5) is 0 Å². The van der Waals surface area contributed by atoms with E-state index in [0.717, 1.165) is 44.0 Å². The largest absolute Gasteiger partial charge is 0.424 e. The lowest BCUT2D eigenvalue weighted by Gasteiger charge is -2.36. The van der Waals surface area contributed by atoms with E-state index in [1.54, 1.807) is 0 Å². The second-order valence-electron chi connectivity index (χ2n) is 8.73. The Hall–Kier alpha value is -2.46. The lowest BCUT2D eigenvalue weighted by molar-refractivity contribution is 0.210. The zero-order chi connectivity index (χ0) is 20.4. The molecular formula is C26H31N3O. The monoisotopic (exact) mass is 401 g/mol. The highest BCUT2D eigenvalue weighted by molar-refractivity contribution is 5.54. The molecule has 0 unspecified atom stereocenters. The standard InChI is InChI=1S/C26H31N3O/c1-2-24-27-28-25(30-24)26(16-19-29-17-8-3-9-18-29)22-12-6-4-10-20(22)14-15-21-11-5-7-13-23(21)26/h4-7,10-13H,2-3,8-9,14-19H2,1H3. The smallest absolute Gasteiger partial charge is 0.231 e. The highest BCUT2D eigenvalue weighted by Gasteiger charge is 2.45. The fourth-order valence-electron chi connectivity index (χ4n) is 5.41. The Morgan fingerprint density at radius 2 is 1.50 bits per heavy atom. The topological polar surface area (TPSA) is 42.2 Å². The van der Waals surface area contributed by atoms with Crippen molar-refractivity contribution in [1.29, 1.82) is 0 Å². The summed E-state index contributed by atoms with van der Waals surface area (Å²) in [5.74, 6) is 1.49. The lowest BCUT2D eigenvalue weighted by Crippen LogP contribution is -2.38. The molecule has 5 rings (SSSR count). The maximum absolute atomic E-state index is 6.34. The van der Waals surface area contributed by atoms with Crippen LogP contribution in [0.25, 0.3) is 0 Å². The third-order valence-corrected chi connectivity index (χ3v) is 7.00. The number of rotatable bonds is 5. The van der Waals surface area contributed by atoms with Gasteiger partial charge in [-0.15, -0.1) is 10.2 Å². The first-order chi connectivity index (χ1) is 14.8. The number of piperidine rings is 1. The Balaban J connectivity index is 1.69. The minimum absolute atomic E-state index is 0.387. The van der Waals surface area contributed by atoms with E-state index in [2.05, 4.69) is 70.6 Å². The number of hydrogen-bond donors (Lipinski definition) is 0. The van der Waals surface area contributed by atoms with Crippen molar-refractivity contribution < 1.29 is 4.42 Å². The fourth-order valence-corrected chi connectivity index (χ4v) is 5.41. The molecule has 0 amide bonds. The van der Waals surface area contributed by atoms with E-state index < -0.39 is 0 Å². The molecule has 0 bridgehead atoms. The number of hydrogen-bond acceptors (Lipinski definition) is 4. The van der Waals surface area contributed by atoms with Gasteiger partial charge in [0, 0.05) is 6.42 Å². The van der Waals surface area contributed by atoms with Gasteiger partial charge in [0.2, 0.25) is 11.8 Å². The highest BCUT2D eigenvalue weighted by Crippen LogP contribution is 2.46. The van der Waals surface area contributed by atoms with Crippen LogP contribution in [-0.2, 0) is 24.7 Å². The summed E-state index contributed by atoms with van der Waals surface area (Å²) >= 11 is 0. The molecule has 4 nitrogen and oxygen atoms in total. The first-order valence-corrected chi connectivity index (χ1v) is 11.5. The molecule has 0 saturated carbocycles. The average Bonchev–Trinajstić information content (AvgIpc) is 3.24. The Kier molecular flexibility index (Phi) is 5.43. The van der Waals surface area contributed by atoms with Gasteiger partial charge in [-0.05, 0) is 74.0 Å². The van der Waals surface area contributed by atoms with Gasteiger partial charge in [-0.2, -0.15) is 0 Å². The molecule has 1 aliphatic heterocycles. The molecule has 0 N–H and O–H groups in total. The third-order valence-electron chi connectivity index (χ3n) is 7.00. The normalized spacial score (nSPS) is 18.4. The predicted molar refractivity (Wildman–Crippen MR) is 119 cm³/mol. The van der Waals surface area contributed by atoms with Crippen LogP contribution in [-0.4, -0.2) is 34.7 Å². The average molecular weight is 402 g/mol. The second kappa shape index (κ2) is 8.35. The van der Waals surface area contributed by atoms with Crippen molar-refractivity contribution in [2.45, 2.75) is 57.3 Å². The molecule has 0 radical (unpaired) electrons. The summed E-state index contributed by atoms with van der Waals surface area (Å²) in [6.07, 6.45) is 7.80.